The zero-order valence-electron chi connectivity index (χ0n) is 13.1. The Balaban J connectivity index is 3.06. The number of Topliss-reactive ketones (excluding diaryl/α,β-unsaturated/α-hetero) is 1. The number of hydrazone groups is 1. The van der Waals surface area contributed by atoms with E-state index < -0.39 is 48.1 Å². The number of hydrogen-bond acceptors (Lipinski definition) is 8. The zero-order chi connectivity index (χ0) is 19.1. The average Bonchev–Trinajstić information content (AvgIpc) is 2.85. The molecule has 1 rings (SSSR count). The Kier molecular flexibility index (Phi) is 7.06. The first kappa shape index (κ1) is 20.1. The molecule has 0 bridgehead atoms. The van der Waals surface area contributed by atoms with E-state index in [2.05, 4.69) is 17.7 Å². The first-order chi connectivity index (χ1) is 11.7. The fourth-order valence-corrected chi connectivity index (χ4v) is 2.43. The Bertz CT molecular complexity index is 672. The molecule has 1 fully saturated rings. The van der Waals surface area contributed by atoms with Crippen LogP contribution in [0.5, 0.6) is 0 Å². The molecule has 0 radical (unpaired) electrons. The molecule has 1 saturated heterocycles. The van der Waals surface area contributed by atoms with Crippen molar-refractivity contribution in [3.63, 3.8) is 0 Å². The molecule has 0 saturated carbocycles. The van der Waals surface area contributed by atoms with E-state index in [1.807, 2.05) is 5.32 Å². The van der Waals surface area contributed by atoms with Crippen LogP contribution in [-0.4, -0.2) is 75.2 Å². The molecule has 11 nitrogen and oxygen atoms in total. The van der Waals surface area contributed by atoms with Gasteiger partial charge in [0.25, 0.3) is 0 Å². The molecule has 1 heterocycles. The fourth-order valence-electron chi connectivity index (χ4n) is 2.10. The average molecular weight is 369 g/mol. The van der Waals surface area contributed by atoms with Crippen molar-refractivity contribution in [2.75, 3.05) is 12.3 Å². The van der Waals surface area contributed by atoms with Gasteiger partial charge in [-0.3, -0.25) is 19.7 Å². The molecular weight excluding hydrogens is 354 g/mol. The molecule has 2 atom stereocenters. The van der Waals surface area contributed by atoms with Crippen LogP contribution < -0.4 is 5.32 Å². The van der Waals surface area contributed by atoms with Crippen molar-refractivity contribution in [1.82, 2.24) is 15.2 Å². The highest BCUT2D eigenvalue weighted by Gasteiger charge is 2.36. The molecule has 4 amide bonds. The van der Waals surface area contributed by atoms with E-state index in [0.717, 1.165) is 11.8 Å². The van der Waals surface area contributed by atoms with Gasteiger partial charge in [-0.05, 0) is 0 Å². The van der Waals surface area contributed by atoms with E-state index in [-0.39, 0.29) is 12.3 Å². The number of carbonyl (C=O) groups is 5. The van der Waals surface area contributed by atoms with Crippen LogP contribution in [-0.2, 0) is 19.2 Å². The number of urea groups is 1. The molecule has 0 aromatic rings. The molecule has 25 heavy (non-hydrogen) atoms. The van der Waals surface area contributed by atoms with Crippen LogP contribution in [0.25, 0.3) is 0 Å². The van der Waals surface area contributed by atoms with Crippen LogP contribution in [0.1, 0.15) is 13.3 Å². The van der Waals surface area contributed by atoms with Gasteiger partial charge in [0.15, 0.2) is 5.78 Å². The number of carbonyl (C=O) groups excluding carboxylic acids is 4. The lowest BCUT2D eigenvalue weighted by molar-refractivity contribution is -0.151. The number of nitrogens with one attached hydrogen (secondary N) is 1. The van der Waals surface area contributed by atoms with E-state index in [1.54, 1.807) is 6.07 Å². The number of aliphatic carboxylic acids is 1. The molecule has 1 aliphatic rings. The zero-order valence-corrected chi connectivity index (χ0v) is 14.0. The second kappa shape index (κ2) is 8.78. The summed E-state index contributed by atoms with van der Waals surface area (Å²) < 4.78 is 0. The second-order valence-electron chi connectivity index (χ2n) is 4.90. The molecule has 0 aromatic heterocycles. The van der Waals surface area contributed by atoms with E-state index in [0.29, 0.717) is 11.2 Å². The molecular formula is C13H15N5O6S. The summed E-state index contributed by atoms with van der Waals surface area (Å²) >= 11 is 3.86. The third kappa shape index (κ3) is 5.01. The van der Waals surface area contributed by atoms with Crippen LogP contribution >= 0.6 is 12.6 Å². The van der Waals surface area contributed by atoms with Gasteiger partial charge in [-0.25, -0.2) is 14.6 Å². The Morgan fingerprint density at radius 3 is 2.52 bits per heavy atom. The summed E-state index contributed by atoms with van der Waals surface area (Å²) in [4.78, 5) is 58.5. The summed E-state index contributed by atoms with van der Waals surface area (Å²) in [5.41, 5.74) is 0. The minimum absolute atomic E-state index is 0.274. The number of carboxylic acids is 1. The van der Waals surface area contributed by atoms with Crippen LogP contribution in [0.2, 0.25) is 0 Å². The van der Waals surface area contributed by atoms with Crippen LogP contribution in [0, 0.1) is 11.3 Å². The lowest BCUT2D eigenvalue weighted by atomic mass is 10.1. The topological polar surface area (TPSA) is 160 Å². The molecule has 0 unspecified atom stereocenters. The van der Waals surface area contributed by atoms with Gasteiger partial charge in [-0.2, -0.15) is 23.0 Å². The number of nitriles is 1. The highest BCUT2D eigenvalue weighted by molar-refractivity contribution is 7.80. The molecule has 0 aliphatic carbocycles. The maximum Gasteiger partial charge on any atom is 0.344 e. The normalized spacial score (nSPS) is 16.3. The largest absolute Gasteiger partial charge is 0.480 e. The van der Waals surface area contributed by atoms with E-state index in [1.165, 1.54) is 0 Å². The molecule has 134 valence electrons. The first-order valence-electron chi connectivity index (χ1n) is 6.91. The van der Waals surface area contributed by atoms with Crippen molar-refractivity contribution >= 4 is 48.4 Å². The lowest BCUT2D eigenvalue weighted by Gasteiger charge is -2.32. The fraction of sp³-hybridized carbons (Fsp3) is 0.462. The first-order valence-corrected chi connectivity index (χ1v) is 7.54. The minimum atomic E-state index is -1.42. The Labute approximate surface area is 147 Å². The number of imide groups is 1. The second-order valence-corrected chi connectivity index (χ2v) is 5.26. The minimum Gasteiger partial charge on any atom is -0.480 e. The van der Waals surface area contributed by atoms with Gasteiger partial charge in [-0.15, -0.1) is 0 Å². The molecule has 12 heteroatoms. The number of thiol groups is 1. The van der Waals surface area contributed by atoms with Crippen molar-refractivity contribution in [2.45, 2.75) is 25.4 Å². The molecule has 0 aromatic carbocycles. The van der Waals surface area contributed by atoms with Crippen molar-refractivity contribution in [1.29, 1.82) is 5.26 Å². The van der Waals surface area contributed by atoms with Gasteiger partial charge in [0.1, 0.15) is 18.6 Å². The van der Waals surface area contributed by atoms with Crippen molar-refractivity contribution in [3.05, 3.63) is 0 Å². The summed E-state index contributed by atoms with van der Waals surface area (Å²) in [6.07, 6.45) is 0.195. The predicted molar refractivity (Wildman–Crippen MR) is 85.6 cm³/mol. The van der Waals surface area contributed by atoms with E-state index >= 15 is 0 Å². The van der Waals surface area contributed by atoms with Crippen LogP contribution in [0.4, 0.5) is 4.79 Å². The van der Waals surface area contributed by atoms with Crippen LogP contribution in [0.15, 0.2) is 5.10 Å². The monoisotopic (exact) mass is 369 g/mol. The summed E-state index contributed by atoms with van der Waals surface area (Å²) in [5.74, 6) is -3.86. The highest BCUT2D eigenvalue weighted by atomic mass is 32.1. The number of amides is 4. The number of hydrogen-bond donors (Lipinski definition) is 3. The molecule has 1 aliphatic heterocycles. The molecule has 2 N–H and O–H groups in total. The van der Waals surface area contributed by atoms with Crippen molar-refractivity contribution < 1.29 is 29.1 Å². The predicted octanol–water partition coefficient (Wildman–Crippen LogP) is -1.39. The summed E-state index contributed by atoms with van der Waals surface area (Å²) in [7, 11) is 0. The Morgan fingerprint density at radius 2 is 2.12 bits per heavy atom. The number of ketones is 1. The van der Waals surface area contributed by atoms with Crippen LogP contribution in [0.3, 0.4) is 0 Å². The third-order valence-corrected chi connectivity index (χ3v) is 3.55. The van der Waals surface area contributed by atoms with Gasteiger partial charge in [0.05, 0.1) is 18.7 Å². The summed E-state index contributed by atoms with van der Waals surface area (Å²) in [5, 5.41) is 24.3. The lowest BCUT2D eigenvalue weighted by Crippen LogP contribution is -2.54. The number of carboxylic acid groups (broad SMARTS) is 1. The Morgan fingerprint density at radius 1 is 1.48 bits per heavy atom. The van der Waals surface area contributed by atoms with Gasteiger partial charge in [-0.1, -0.05) is 0 Å². The van der Waals surface area contributed by atoms with Crippen molar-refractivity contribution in [2.24, 2.45) is 5.10 Å². The van der Waals surface area contributed by atoms with Gasteiger partial charge in [0, 0.05) is 12.7 Å². The Hall–Kier alpha value is -2.94. The maximum atomic E-state index is 12.3. The van der Waals surface area contributed by atoms with Gasteiger partial charge >= 0.3 is 12.0 Å². The molecule has 0 spiro atoms. The summed E-state index contributed by atoms with van der Waals surface area (Å²) in [6, 6.07) is -1.96. The smallest absolute Gasteiger partial charge is 0.344 e. The highest BCUT2D eigenvalue weighted by Crippen LogP contribution is 2.13. The number of rotatable bonds is 8. The standard InChI is InChI=1S/C13H15N5O6S/c1-7(19)18(9(6-25)12(22)23)8(2-3-14)10(20)4-15-17-5-11(21)16-13(17)24/h4,8-9,25H,2,5-6H2,1H3,(H,22,23)(H,16,21,24)/t8-,9-/m0/s1. The van der Waals surface area contributed by atoms with Gasteiger partial charge < -0.3 is 10.0 Å². The quantitative estimate of drug-likeness (QED) is 0.269. The summed E-state index contributed by atoms with van der Waals surface area (Å²) in [6.45, 7) is 0.678. The number of nitrogens with zero attached hydrogens (tertiary/aromatic N) is 4. The van der Waals surface area contributed by atoms with E-state index in [4.69, 9.17) is 5.26 Å². The maximum absolute atomic E-state index is 12.3. The van der Waals surface area contributed by atoms with Gasteiger partial charge in [0.2, 0.25) is 11.8 Å². The van der Waals surface area contributed by atoms with E-state index in [9.17, 15) is 29.1 Å². The third-order valence-electron chi connectivity index (χ3n) is 3.20. The SMILES string of the molecule is CC(=O)N([C@@H](CS)C(=O)O)[C@@H](CC#N)C(=O)C=NN1CC(=O)NC1=O. The van der Waals surface area contributed by atoms with Crippen molar-refractivity contribution in [3.8, 4) is 6.07 Å².